The number of pyridine rings is 2. The Morgan fingerprint density at radius 2 is 1.59 bits per heavy atom. The van der Waals surface area contributed by atoms with Crippen molar-refractivity contribution in [1.29, 1.82) is 0 Å². The van der Waals surface area contributed by atoms with Crippen LogP contribution in [0, 0.1) is 13.8 Å². The number of anilines is 1. The maximum Gasteiger partial charge on any atom is 0.147 e. The van der Waals surface area contributed by atoms with Crippen molar-refractivity contribution < 1.29 is 9.84 Å². The number of phenols is 1. The van der Waals surface area contributed by atoms with Gasteiger partial charge in [0.2, 0.25) is 0 Å². The maximum atomic E-state index is 11.1. The molecule has 0 aliphatic heterocycles. The Morgan fingerprint density at radius 1 is 0.862 bits per heavy atom. The smallest absolute Gasteiger partial charge is 0.147 e. The van der Waals surface area contributed by atoms with Gasteiger partial charge in [-0.2, -0.15) is 0 Å². The summed E-state index contributed by atoms with van der Waals surface area (Å²) >= 11 is 0. The van der Waals surface area contributed by atoms with Crippen LogP contribution in [-0.2, 0) is 0 Å². The molecule has 0 bridgehead atoms. The molecule has 5 heteroatoms. The number of methoxy groups -OCH3 is 1. The van der Waals surface area contributed by atoms with E-state index in [0.29, 0.717) is 5.52 Å². The number of aryl methyl sites for hydroxylation is 2. The highest BCUT2D eigenvalue weighted by molar-refractivity contribution is 5.86. The molecule has 146 valence electrons. The zero-order valence-corrected chi connectivity index (χ0v) is 16.7. The molecule has 0 spiro atoms. The Kier molecular flexibility index (Phi) is 5.04. The molecular formula is C24H23N3O2. The first-order chi connectivity index (χ1) is 14.0. The van der Waals surface area contributed by atoms with Gasteiger partial charge in [-0.3, -0.25) is 0 Å². The van der Waals surface area contributed by atoms with E-state index in [1.807, 2.05) is 80.6 Å². The number of hydrogen-bond acceptors (Lipinski definition) is 5. The van der Waals surface area contributed by atoms with Crippen LogP contribution in [0.2, 0.25) is 0 Å². The lowest BCUT2D eigenvalue weighted by Gasteiger charge is -2.22. The second-order valence-electron chi connectivity index (χ2n) is 7.04. The summed E-state index contributed by atoms with van der Waals surface area (Å²) in [6, 6.07) is 21.2. The zero-order valence-electron chi connectivity index (χ0n) is 16.7. The van der Waals surface area contributed by atoms with Gasteiger partial charge in [-0.25, -0.2) is 9.97 Å². The number of aromatic nitrogens is 2. The Bertz CT molecular complexity index is 1160. The van der Waals surface area contributed by atoms with Crippen LogP contribution in [0.25, 0.3) is 10.9 Å². The van der Waals surface area contributed by atoms with E-state index in [0.717, 1.165) is 39.5 Å². The van der Waals surface area contributed by atoms with Crippen molar-refractivity contribution in [3.8, 4) is 11.5 Å². The van der Waals surface area contributed by atoms with Crippen molar-refractivity contribution in [3.05, 3.63) is 89.2 Å². The third kappa shape index (κ3) is 3.85. The van der Waals surface area contributed by atoms with E-state index in [9.17, 15) is 5.11 Å². The molecule has 1 atom stereocenters. The quantitative estimate of drug-likeness (QED) is 0.496. The van der Waals surface area contributed by atoms with Crippen LogP contribution in [0.3, 0.4) is 0 Å². The van der Waals surface area contributed by atoms with Crippen molar-refractivity contribution in [2.24, 2.45) is 0 Å². The van der Waals surface area contributed by atoms with Gasteiger partial charge in [-0.1, -0.05) is 36.4 Å². The van der Waals surface area contributed by atoms with Crippen LogP contribution in [0.4, 0.5) is 5.82 Å². The van der Waals surface area contributed by atoms with Gasteiger partial charge in [0.15, 0.2) is 0 Å². The van der Waals surface area contributed by atoms with Crippen molar-refractivity contribution >= 4 is 16.7 Å². The number of hydrogen-bond donors (Lipinski definition) is 2. The molecule has 0 unspecified atom stereocenters. The summed E-state index contributed by atoms with van der Waals surface area (Å²) in [6.45, 7) is 3.87. The van der Waals surface area contributed by atoms with E-state index < -0.39 is 0 Å². The van der Waals surface area contributed by atoms with Gasteiger partial charge < -0.3 is 15.2 Å². The van der Waals surface area contributed by atoms with E-state index in [1.165, 1.54) is 0 Å². The average molecular weight is 385 g/mol. The normalized spacial score (nSPS) is 12.0. The van der Waals surface area contributed by atoms with E-state index >= 15 is 0 Å². The van der Waals surface area contributed by atoms with Crippen LogP contribution in [-0.4, -0.2) is 22.2 Å². The molecule has 0 fully saturated rings. The summed E-state index contributed by atoms with van der Waals surface area (Å²) in [4.78, 5) is 9.12. The van der Waals surface area contributed by atoms with Gasteiger partial charge in [0.05, 0.1) is 13.2 Å². The molecule has 29 heavy (non-hydrogen) atoms. The van der Waals surface area contributed by atoms with Crippen LogP contribution in [0.1, 0.15) is 28.6 Å². The van der Waals surface area contributed by atoms with Crippen LogP contribution in [0.5, 0.6) is 11.5 Å². The fourth-order valence-electron chi connectivity index (χ4n) is 3.43. The van der Waals surface area contributed by atoms with Gasteiger partial charge in [0, 0.05) is 22.3 Å². The van der Waals surface area contributed by atoms with Gasteiger partial charge in [-0.15, -0.1) is 0 Å². The lowest BCUT2D eigenvalue weighted by atomic mass is 9.96. The largest absolute Gasteiger partial charge is 0.505 e. The molecule has 0 saturated carbocycles. The van der Waals surface area contributed by atoms with Crippen molar-refractivity contribution in [2.45, 2.75) is 19.9 Å². The predicted octanol–water partition coefficient (Wildman–Crippen LogP) is 5.16. The highest BCUT2D eigenvalue weighted by Gasteiger charge is 2.20. The number of ether oxygens (including phenoxy) is 1. The maximum absolute atomic E-state index is 11.1. The summed E-state index contributed by atoms with van der Waals surface area (Å²) in [5.41, 5.74) is 4.10. The fraction of sp³-hybridized carbons (Fsp3) is 0.167. The van der Waals surface area contributed by atoms with Crippen molar-refractivity contribution in [2.75, 3.05) is 12.4 Å². The Morgan fingerprint density at radius 3 is 2.31 bits per heavy atom. The summed E-state index contributed by atoms with van der Waals surface area (Å²) < 4.78 is 5.29. The number of nitrogens with zero attached hydrogens (tertiary/aromatic N) is 2. The third-order valence-electron chi connectivity index (χ3n) is 4.95. The van der Waals surface area contributed by atoms with E-state index in [2.05, 4.69) is 15.3 Å². The second kappa shape index (κ2) is 7.80. The Balaban J connectivity index is 1.84. The topological polar surface area (TPSA) is 67.3 Å². The fourth-order valence-corrected chi connectivity index (χ4v) is 3.43. The standard InChI is InChI=1S/C24H23N3O2/c1-15-5-4-6-21(25-15)27-22(17-9-12-19(29-3)13-10-17)20-14-11-18-8-7-16(2)26-23(18)24(20)28/h4-14,22,28H,1-3H3,(H,25,27)/t22-/m1/s1. The predicted molar refractivity (Wildman–Crippen MR) is 116 cm³/mol. The molecule has 5 nitrogen and oxygen atoms in total. The molecule has 4 aromatic rings. The Hall–Kier alpha value is -3.60. The van der Waals surface area contributed by atoms with Gasteiger partial charge in [0.1, 0.15) is 22.8 Å². The molecule has 0 saturated heterocycles. The van der Waals surface area contributed by atoms with Crippen molar-refractivity contribution in [3.63, 3.8) is 0 Å². The molecule has 2 heterocycles. The third-order valence-corrected chi connectivity index (χ3v) is 4.95. The molecule has 2 aromatic carbocycles. The van der Waals surface area contributed by atoms with E-state index in [1.54, 1.807) is 7.11 Å². The molecule has 0 aliphatic rings. The second-order valence-corrected chi connectivity index (χ2v) is 7.04. The lowest BCUT2D eigenvalue weighted by Crippen LogP contribution is -2.14. The molecule has 0 amide bonds. The molecule has 2 N–H and O–H groups in total. The first kappa shape index (κ1) is 18.7. The summed E-state index contributed by atoms with van der Waals surface area (Å²) in [6.07, 6.45) is 0. The monoisotopic (exact) mass is 385 g/mol. The minimum absolute atomic E-state index is 0.173. The van der Waals surface area contributed by atoms with Crippen LogP contribution < -0.4 is 10.1 Å². The molecule has 4 rings (SSSR count). The van der Waals surface area contributed by atoms with Crippen LogP contribution in [0.15, 0.2) is 66.7 Å². The number of rotatable bonds is 5. The summed E-state index contributed by atoms with van der Waals surface area (Å²) in [5.74, 6) is 1.69. The first-order valence-corrected chi connectivity index (χ1v) is 9.48. The first-order valence-electron chi connectivity index (χ1n) is 9.48. The summed E-state index contributed by atoms with van der Waals surface area (Å²) in [5, 5.41) is 15.5. The number of phenolic OH excluding ortho intramolecular Hbond substituents is 1. The lowest BCUT2D eigenvalue weighted by molar-refractivity contribution is 0.414. The van der Waals surface area contributed by atoms with Gasteiger partial charge in [0.25, 0.3) is 0 Å². The number of nitrogens with one attached hydrogen (secondary N) is 1. The zero-order chi connectivity index (χ0) is 20.4. The number of benzene rings is 2. The van der Waals surface area contributed by atoms with E-state index in [-0.39, 0.29) is 11.8 Å². The minimum atomic E-state index is -0.304. The average Bonchev–Trinajstić information content (AvgIpc) is 2.73. The molecular weight excluding hydrogens is 362 g/mol. The van der Waals surface area contributed by atoms with Crippen molar-refractivity contribution in [1.82, 2.24) is 9.97 Å². The van der Waals surface area contributed by atoms with Crippen LogP contribution >= 0.6 is 0 Å². The number of aromatic hydroxyl groups is 1. The highest BCUT2D eigenvalue weighted by Crippen LogP contribution is 2.36. The van der Waals surface area contributed by atoms with Gasteiger partial charge in [-0.05, 0) is 49.7 Å². The molecule has 0 aliphatic carbocycles. The SMILES string of the molecule is COc1ccc([C@@H](Nc2cccc(C)n2)c2ccc3ccc(C)nc3c2O)cc1. The molecule has 0 radical (unpaired) electrons. The Labute approximate surface area is 170 Å². The number of fused-ring (bicyclic) bond motifs is 1. The minimum Gasteiger partial charge on any atom is -0.505 e. The van der Waals surface area contributed by atoms with Gasteiger partial charge >= 0.3 is 0 Å². The van der Waals surface area contributed by atoms with E-state index in [4.69, 9.17) is 4.74 Å². The summed E-state index contributed by atoms with van der Waals surface area (Å²) in [7, 11) is 1.64. The molecule has 2 aromatic heterocycles. The highest BCUT2D eigenvalue weighted by atomic mass is 16.5.